The lowest BCUT2D eigenvalue weighted by molar-refractivity contribution is 0.102. The summed E-state index contributed by atoms with van der Waals surface area (Å²) in [5.74, 6) is -0.296. The number of anilines is 2. The van der Waals surface area contributed by atoms with E-state index in [9.17, 15) is 9.35 Å². The summed E-state index contributed by atoms with van der Waals surface area (Å²) < 4.78 is 12.5. The number of benzene rings is 3. The molecular formula is C19H16N2O2S. The molecule has 0 aliphatic carbocycles. The van der Waals surface area contributed by atoms with E-state index in [1.165, 1.54) is 0 Å². The highest BCUT2D eigenvalue weighted by molar-refractivity contribution is 7.91. The zero-order valence-corrected chi connectivity index (χ0v) is 13.6. The SMILES string of the molecule is Nc1cc([S+]([O-])c2ccccc2)ccc1C(=O)Nc1ccccc1. The zero-order valence-electron chi connectivity index (χ0n) is 12.8. The number of nitrogens with two attached hydrogens (primary N) is 1. The van der Waals surface area contributed by atoms with Crippen molar-refractivity contribution in [2.45, 2.75) is 9.79 Å². The monoisotopic (exact) mass is 336 g/mol. The van der Waals surface area contributed by atoms with Gasteiger partial charge in [0.15, 0.2) is 9.79 Å². The average molecular weight is 336 g/mol. The van der Waals surface area contributed by atoms with Crippen molar-refractivity contribution < 1.29 is 9.35 Å². The molecule has 3 rings (SSSR count). The number of carbonyl (C=O) groups excluding carboxylic acids is 1. The second-order valence-electron chi connectivity index (χ2n) is 5.15. The van der Waals surface area contributed by atoms with Crippen molar-refractivity contribution in [2.75, 3.05) is 11.1 Å². The number of para-hydroxylation sites is 1. The molecule has 0 heterocycles. The molecule has 5 heteroatoms. The summed E-state index contributed by atoms with van der Waals surface area (Å²) in [4.78, 5) is 13.6. The molecule has 1 amide bonds. The Labute approximate surface area is 143 Å². The lowest BCUT2D eigenvalue weighted by atomic mass is 10.1. The van der Waals surface area contributed by atoms with Crippen molar-refractivity contribution in [3.8, 4) is 0 Å². The van der Waals surface area contributed by atoms with Crippen LogP contribution in [0.3, 0.4) is 0 Å². The first-order chi connectivity index (χ1) is 11.6. The lowest BCUT2D eigenvalue weighted by Crippen LogP contribution is -2.14. The Morgan fingerprint density at radius 3 is 2.12 bits per heavy atom. The molecule has 0 radical (unpaired) electrons. The summed E-state index contributed by atoms with van der Waals surface area (Å²) in [5.41, 5.74) is 7.34. The maximum Gasteiger partial charge on any atom is 0.257 e. The number of nitrogen functional groups attached to an aromatic ring is 1. The molecule has 0 aliphatic heterocycles. The van der Waals surface area contributed by atoms with Crippen molar-refractivity contribution in [2.24, 2.45) is 0 Å². The van der Waals surface area contributed by atoms with Crippen LogP contribution >= 0.6 is 0 Å². The number of hydrogen-bond acceptors (Lipinski definition) is 3. The van der Waals surface area contributed by atoms with Crippen LogP contribution in [0.1, 0.15) is 10.4 Å². The van der Waals surface area contributed by atoms with Gasteiger partial charge in [-0.2, -0.15) is 0 Å². The number of rotatable bonds is 4. The van der Waals surface area contributed by atoms with Gasteiger partial charge in [0.25, 0.3) is 5.91 Å². The third-order valence-electron chi connectivity index (χ3n) is 3.47. The van der Waals surface area contributed by atoms with Crippen LogP contribution in [0.5, 0.6) is 0 Å². The van der Waals surface area contributed by atoms with Crippen LogP contribution in [0.4, 0.5) is 11.4 Å². The third-order valence-corrected chi connectivity index (χ3v) is 4.85. The molecule has 0 saturated carbocycles. The van der Waals surface area contributed by atoms with E-state index in [-0.39, 0.29) is 5.91 Å². The fraction of sp³-hybridized carbons (Fsp3) is 0. The summed E-state index contributed by atoms with van der Waals surface area (Å²) in [6.45, 7) is 0. The summed E-state index contributed by atoms with van der Waals surface area (Å²) in [5, 5.41) is 2.78. The number of nitrogens with one attached hydrogen (secondary N) is 1. The van der Waals surface area contributed by atoms with Crippen molar-refractivity contribution >= 4 is 28.5 Å². The van der Waals surface area contributed by atoms with E-state index in [0.717, 1.165) is 0 Å². The molecule has 24 heavy (non-hydrogen) atoms. The number of amides is 1. The highest BCUT2D eigenvalue weighted by Crippen LogP contribution is 2.24. The largest absolute Gasteiger partial charge is 0.606 e. The average Bonchev–Trinajstić information content (AvgIpc) is 2.62. The van der Waals surface area contributed by atoms with Crippen LogP contribution in [0, 0.1) is 0 Å². The fourth-order valence-electron chi connectivity index (χ4n) is 2.26. The first kappa shape index (κ1) is 16.1. The second kappa shape index (κ2) is 7.21. The Morgan fingerprint density at radius 1 is 0.875 bits per heavy atom. The second-order valence-corrected chi connectivity index (χ2v) is 6.63. The first-order valence-corrected chi connectivity index (χ1v) is 8.53. The van der Waals surface area contributed by atoms with Crippen LogP contribution in [0.2, 0.25) is 0 Å². The molecule has 1 unspecified atom stereocenters. The molecule has 0 saturated heterocycles. The molecule has 0 aliphatic rings. The van der Waals surface area contributed by atoms with Crippen molar-refractivity contribution in [3.63, 3.8) is 0 Å². The zero-order chi connectivity index (χ0) is 16.9. The molecule has 1 atom stereocenters. The van der Waals surface area contributed by atoms with Crippen LogP contribution < -0.4 is 11.1 Å². The Balaban J connectivity index is 1.81. The van der Waals surface area contributed by atoms with E-state index in [1.54, 1.807) is 42.5 Å². The molecule has 0 bridgehead atoms. The maximum absolute atomic E-state index is 12.5. The molecule has 120 valence electrons. The molecule has 0 fully saturated rings. The van der Waals surface area contributed by atoms with Gasteiger partial charge >= 0.3 is 0 Å². The van der Waals surface area contributed by atoms with Gasteiger partial charge in [-0.15, -0.1) is 0 Å². The van der Waals surface area contributed by atoms with E-state index in [2.05, 4.69) is 5.32 Å². The Hall–Kier alpha value is -2.76. The van der Waals surface area contributed by atoms with Gasteiger partial charge < -0.3 is 15.6 Å². The Kier molecular flexibility index (Phi) is 4.84. The van der Waals surface area contributed by atoms with Crippen molar-refractivity contribution in [3.05, 3.63) is 84.4 Å². The minimum atomic E-state index is -1.33. The molecule has 3 aromatic carbocycles. The van der Waals surface area contributed by atoms with Gasteiger partial charge in [-0.1, -0.05) is 36.4 Å². The fourth-order valence-corrected chi connectivity index (χ4v) is 3.37. The first-order valence-electron chi connectivity index (χ1n) is 7.38. The third kappa shape index (κ3) is 3.59. The smallest absolute Gasteiger partial charge is 0.257 e. The predicted molar refractivity (Wildman–Crippen MR) is 96.4 cm³/mol. The van der Waals surface area contributed by atoms with Crippen LogP contribution in [-0.2, 0) is 11.2 Å². The van der Waals surface area contributed by atoms with Crippen LogP contribution in [-0.4, -0.2) is 10.5 Å². The highest BCUT2D eigenvalue weighted by Gasteiger charge is 2.18. The number of hydrogen-bond donors (Lipinski definition) is 2. The van der Waals surface area contributed by atoms with Gasteiger partial charge in [-0.25, -0.2) is 0 Å². The van der Waals surface area contributed by atoms with Gasteiger partial charge in [0.2, 0.25) is 0 Å². The summed E-state index contributed by atoms with van der Waals surface area (Å²) in [6.07, 6.45) is 0. The molecule has 0 spiro atoms. The van der Waals surface area contributed by atoms with Gasteiger partial charge in [0.05, 0.1) is 5.56 Å². The number of carbonyl (C=O) groups is 1. The van der Waals surface area contributed by atoms with Gasteiger partial charge in [-0.05, 0) is 36.4 Å². The van der Waals surface area contributed by atoms with Crippen LogP contribution in [0.25, 0.3) is 0 Å². The van der Waals surface area contributed by atoms with Gasteiger partial charge in [0.1, 0.15) is 0 Å². The van der Waals surface area contributed by atoms with Crippen molar-refractivity contribution in [1.29, 1.82) is 0 Å². The highest BCUT2D eigenvalue weighted by atomic mass is 32.2. The van der Waals surface area contributed by atoms with Gasteiger partial charge in [-0.3, -0.25) is 4.79 Å². The summed E-state index contributed by atoms with van der Waals surface area (Å²) in [7, 11) is 0. The van der Waals surface area contributed by atoms with E-state index >= 15 is 0 Å². The summed E-state index contributed by atoms with van der Waals surface area (Å²) in [6, 6.07) is 23.1. The van der Waals surface area contributed by atoms with E-state index in [1.807, 2.05) is 36.4 Å². The lowest BCUT2D eigenvalue weighted by Gasteiger charge is -2.12. The minimum absolute atomic E-state index is 0.296. The normalized spacial score (nSPS) is 11.7. The van der Waals surface area contributed by atoms with Crippen molar-refractivity contribution in [1.82, 2.24) is 0 Å². The van der Waals surface area contributed by atoms with E-state index in [0.29, 0.717) is 26.7 Å². The Morgan fingerprint density at radius 2 is 1.50 bits per heavy atom. The van der Waals surface area contributed by atoms with Gasteiger partial charge in [0, 0.05) is 28.6 Å². The minimum Gasteiger partial charge on any atom is -0.606 e. The maximum atomic E-state index is 12.5. The van der Waals surface area contributed by atoms with E-state index in [4.69, 9.17) is 5.73 Å². The molecular weight excluding hydrogens is 320 g/mol. The van der Waals surface area contributed by atoms with E-state index < -0.39 is 11.2 Å². The molecule has 4 nitrogen and oxygen atoms in total. The summed E-state index contributed by atoms with van der Waals surface area (Å²) >= 11 is -1.33. The topological polar surface area (TPSA) is 78.2 Å². The quantitative estimate of drug-likeness (QED) is 0.563. The molecule has 3 N–H and O–H groups in total. The van der Waals surface area contributed by atoms with Crippen LogP contribution in [0.15, 0.2) is 88.7 Å². The predicted octanol–water partition coefficient (Wildman–Crippen LogP) is 3.69. The standard InChI is InChI=1S/C19H16N2O2S/c20-18-13-16(24(23)15-9-5-2-6-10-15)11-12-17(18)19(22)21-14-7-3-1-4-8-14/h1-13H,20H2,(H,21,22). The molecule has 0 aromatic heterocycles. The molecule has 3 aromatic rings. The Bertz CT molecular complexity index is 839.